The maximum Gasteiger partial charge on any atom is 0.0617 e. The van der Waals surface area contributed by atoms with Crippen LogP contribution in [0.4, 0.5) is 0 Å². The lowest BCUT2D eigenvalue weighted by molar-refractivity contribution is 0.129. The van der Waals surface area contributed by atoms with E-state index in [0.29, 0.717) is 6.04 Å². The maximum atomic E-state index is 5.05. The van der Waals surface area contributed by atoms with Crippen LogP contribution in [-0.2, 0) is 4.74 Å². The lowest BCUT2D eigenvalue weighted by Crippen LogP contribution is -2.28. The highest BCUT2D eigenvalue weighted by molar-refractivity contribution is 4.75. The lowest BCUT2D eigenvalue weighted by Gasteiger charge is -2.17. The van der Waals surface area contributed by atoms with Gasteiger partial charge in [-0.25, -0.2) is 0 Å². The summed E-state index contributed by atoms with van der Waals surface area (Å²) in [5.41, 5.74) is 0. The second-order valence-corrected chi connectivity index (χ2v) is 3.44. The normalized spacial score (nSPS) is 23.5. The molecule has 2 heteroatoms. The third-order valence-corrected chi connectivity index (χ3v) is 2.03. The van der Waals surface area contributed by atoms with Gasteiger partial charge in [0.25, 0.3) is 0 Å². The van der Waals surface area contributed by atoms with Gasteiger partial charge in [-0.05, 0) is 26.4 Å². The van der Waals surface area contributed by atoms with Crippen LogP contribution < -0.4 is 0 Å². The molecule has 1 atom stereocenters. The number of likely N-dealkylation sites (tertiary alicyclic amines) is 1. The Morgan fingerprint density at radius 3 is 2.33 bits per heavy atom. The first-order valence-corrected chi connectivity index (χ1v) is 4.95. The zero-order chi connectivity index (χ0) is 9.40. The SMILES string of the molecule is CCC.COC[C@@H]1CCCN1C. The predicted molar refractivity (Wildman–Crippen MR) is 53.5 cm³/mol. The van der Waals surface area contributed by atoms with Crippen molar-refractivity contribution < 1.29 is 4.74 Å². The quantitative estimate of drug-likeness (QED) is 0.634. The molecule has 0 aromatic carbocycles. The van der Waals surface area contributed by atoms with Crippen LogP contribution in [0.15, 0.2) is 0 Å². The minimum atomic E-state index is 0.690. The fraction of sp³-hybridized carbons (Fsp3) is 1.00. The van der Waals surface area contributed by atoms with Gasteiger partial charge in [-0.2, -0.15) is 0 Å². The van der Waals surface area contributed by atoms with Crippen LogP contribution in [0.3, 0.4) is 0 Å². The number of nitrogens with zero attached hydrogens (tertiary/aromatic N) is 1. The highest BCUT2D eigenvalue weighted by Crippen LogP contribution is 2.13. The molecule has 0 unspecified atom stereocenters. The molecule has 1 heterocycles. The largest absolute Gasteiger partial charge is 0.383 e. The molecular weight excluding hydrogens is 150 g/mol. The molecule has 0 aliphatic carbocycles. The summed E-state index contributed by atoms with van der Waals surface area (Å²) in [6, 6.07) is 0.690. The molecule has 0 spiro atoms. The second-order valence-electron chi connectivity index (χ2n) is 3.44. The van der Waals surface area contributed by atoms with Crippen molar-refractivity contribution in [1.29, 1.82) is 0 Å². The molecule has 0 aromatic rings. The molecule has 1 rings (SSSR count). The fourth-order valence-corrected chi connectivity index (χ4v) is 1.38. The summed E-state index contributed by atoms with van der Waals surface area (Å²) in [6.45, 7) is 6.39. The maximum absolute atomic E-state index is 5.05. The Bertz CT molecular complexity index is 95.8. The highest BCUT2D eigenvalue weighted by atomic mass is 16.5. The van der Waals surface area contributed by atoms with Gasteiger partial charge < -0.3 is 9.64 Å². The molecule has 0 amide bonds. The molecule has 1 fully saturated rings. The van der Waals surface area contributed by atoms with E-state index in [2.05, 4.69) is 25.8 Å². The predicted octanol–water partition coefficient (Wildman–Crippen LogP) is 2.14. The van der Waals surface area contributed by atoms with Crippen LogP contribution in [0.1, 0.15) is 33.1 Å². The van der Waals surface area contributed by atoms with Gasteiger partial charge in [-0.15, -0.1) is 0 Å². The van der Waals surface area contributed by atoms with Crippen molar-refractivity contribution in [2.75, 3.05) is 27.3 Å². The van der Waals surface area contributed by atoms with Crippen LogP contribution in [0.2, 0.25) is 0 Å². The Hall–Kier alpha value is -0.0800. The molecule has 74 valence electrons. The van der Waals surface area contributed by atoms with Crippen LogP contribution in [0.5, 0.6) is 0 Å². The van der Waals surface area contributed by atoms with Gasteiger partial charge in [0.15, 0.2) is 0 Å². The van der Waals surface area contributed by atoms with E-state index in [-0.39, 0.29) is 0 Å². The fourth-order valence-electron chi connectivity index (χ4n) is 1.38. The van der Waals surface area contributed by atoms with Gasteiger partial charge in [-0.1, -0.05) is 20.3 Å². The molecule has 1 aliphatic heterocycles. The average molecular weight is 173 g/mol. The molecular formula is C10H23NO. The molecule has 0 saturated carbocycles. The number of ether oxygens (including phenoxy) is 1. The van der Waals surface area contributed by atoms with Crippen molar-refractivity contribution >= 4 is 0 Å². The standard InChI is InChI=1S/C7H15NO.C3H8/c1-8-5-3-4-7(8)6-9-2;1-3-2/h7H,3-6H2,1-2H3;3H2,1-2H3/t7-;/m0./s1. The van der Waals surface area contributed by atoms with Gasteiger partial charge in [0.2, 0.25) is 0 Å². The van der Waals surface area contributed by atoms with Crippen molar-refractivity contribution in [2.24, 2.45) is 0 Å². The first-order chi connectivity index (χ1) is 5.76. The Kier molecular flexibility index (Phi) is 7.51. The van der Waals surface area contributed by atoms with E-state index in [1.807, 2.05) is 0 Å². The third-order valence-electron chi connectivity index (χ3n) is 2.03. The summed E-state index contributed by atoms with van der Waals surface area (Å²) in [5, 5.41) is 0. The van der Waals surface area contributed by atoms with E-state index < -0.39 is 0 Å². The summed E-state index contributed by atoms with van der Waals surface area (Å²) >= 11 is 0. The third kappa shape index (κ3) is 4.73. The van der Waals surface area contributed by atoms with Crippen LogP contribution in [0.25, 0.3) is 0 Å². The molecule has 2 nitrogen and oxygen atoms in total. The topological polar surface area (TPSA) is 12.5 Å². The highest BCUT2D eigenvalue weighted by Gasteiger charge is 2.19. The van der Waals surface area contributed by atoms with E-state index in [4.69, 9.17) is 4.74 Å². The lowest BCUT2D eigenvalue weighted by atomic mass is 10.2. The average Bonchev–Trinajstić information content (AvgIpc) is 2.39. The number of likely N-dealkylation sites (N-methyl/N-ethyl adjacent to an activating group) is 1. The number of hydrogen-bond donors (Lipinski definition) is 0. The zero-order valence-corrected chi connectivity index (χ0v) is 8.97. The minimum absolute atomic E-state index is 0.690. The van der Waals surface area contributed by atoms with Crippen LogP contribution in [-0.4, -0.2) is 38.3 Å². The summed E-state index contributed by atoms with van der Waals surface area (Å²) in [5.74, 6) is 0. The molecule has 1 saturated heterocycles. The van der Waals surface area contributed by atoms with Crippen LogP contribution >= 0.6 is 0 Å². The van der Waals surface area contributed by atoms with Crippen molar-refractivity contribution in [3.8, 4) is 0 Å². The second kappa shape index (κ2) is 7.56. The number of rotatable bonds is 2. The Labute approximate surface area is 76.9 Å². The van der Waals surface area contributed by atoms with Gasteiger partial charge >= 0.3 is 0 Å². The number of hydrogen-bond acceptors (Lipinski definition) is 2. The van der Waals surface area contributed by atoms with Crippen molar-refractivity contribution in [1.82, 2.24) is 4.90 Å². The van der Waals surface area contributed by atoms with E-state index >= 15 is 0 Å². The monoisotopic (exact) mass is 173 g/mol. The van der Waals surface area contributed by atoms with Crippen molar-refractivity contribution in [2.45, 2.75) is 39.2 Å². The molecule has 0 radical (unpaired) electrons. The molecule has 0 N–H and O–H groups in total. The van der Waals surface area contributed by atoms with E-state index in [1.165, 1.54) is 25.8 Å². The summed E-state index contributed by atoms with van der Waals surface area (Å²) in [7, 11) is 3.93. The van der Waals surface area contributed by atoms with Crippen LogP contribution in [0, 0.1) is 0 Å². The Balaban J connectivity index is 0.000000354. The Morgan fingerprint density at radius 2 is 2.00 bits per heavy atom. The van der Waals surface area contributed by atoms with Gasteiger partial charge in [0.1, 0.15) is 0 Å². The first kappa shape index (κ1) is 11.9. The zero-order valence-electron chi connectivity index (χ0n) is 8.97. The smallest absolute Gasteiger partial charge is 0.0617 e. The summed E-state index contributed by atoms with van der Waals surface area (Å²) < 4.78 is 5.05. The molecule has 0 aromatic heterocycles. The number of methoxy groups -OCH3 is 1. The van der Waals surface area contributed by atoms with E-state index in [0.717, 1.165) is 6.61 Å². The Morgan fingerprint density at radius 1 is 1.42 bits per heavy atom. The summed E-state index contributed by atoms with van der Waals surface area (Å²) in [6.07, 6.45) is 3.90. The first-order valence-electron chi connectivity index (χ1n) is 4.95. The molecule has 0 bridgehead atoms. The van der Waals surface area contributed by atoms with Gasteiger partial charge in [0, 0.05) is 13.2 Å². The van der Waals surface area contributed by atoms with Gasteiger partial charge in [0.05, 0.1) is 6.61 Å². The van der Waals surface area contributed by atoms with E-state index in [1.54, 1.807) is 7.11 Å². The van der Waals surface area contributed by atoms with Crippen molar-refractivity contribution in [3.63, 3.8) is 0 Å². The molecule has 1 aliphatic rings. The molecule has 12 heavy (non-hydrogen) atoms. The van der Waals surface area contributed by atoms with Crippen molar-refractivity contribution in [3.05, 3.63) is 0 Å². The minimum Gasteiger partial charge on any atom is -0.383 e. The summed E-state index contributed by atoms with van der Waals surface area (Å²) in [4.78, 5) is 2.36. The van der Waals surface area contributed by atoms with E-state index in [9.17, 15) is 0 Å². The van der Waals surface area contributed by atoms with Gasteiger partial charge in [-0.3, -0.25) is 0 Å².